The van der Waals surface area contributed by atoms with Crippen molar-refractivity contribution in [1.82, 2.24) is 15.3 Å². The quantitative estimate of drug-likeness (QED) is 0.645. The van der Waals surface area contributed by atoms with Crippen molar-refractivity contribution in [3.05, 3.63) is 59.9 Å². The molecule has 4 N–H and O–H groups in total. The molecule has 2 aromatic carbocycles. The van der Waals surface area contributed by atoms with Gasteiger partial charge in [0.1, 0.15) is 11.9 Å². The largest absolute Gasteiger partial charge is 0.399 e. The molecule has 5 nitrogen and oxygen atoms in total. The summed E-state index contributed by atoms with van der Waals surface area (Å²) in [6.07, 6.45) is 2.07. The molecule has 1 aromatic heterocycles. The van der Waals surface area contributed by atoms with Crippen molar-refractivity contribution in [2.24, 2.45) is 0 Å². The second-order valence-electron chi connectivity index (χ2n) is 6.27. The molecule has 0 aliphatic carbocycles. The van der Waals surface area contributed by atoms with E-state index in [2.05, 4.69) is 10.3 Å². The van der Waals surface area contributed by atoms with Crippen LogP contribution in [-0.4, -0.2) is 29.2 Å². The van der Waals surface area contributed by atoms with Crippen LogP contribution in [0.3, 0.4) is 0 Å². The Morgan fingerprint density at radius 1 is 1.04 bits per heavy atom. The number of hydrogen-bond donors (Lipinski definition) is 3. The molecule has 2 heterocycles. The van der Waals surface area contributed by atoms with E-state index >= 15 is 0 Å². The lowest BCUT2D eigenvalue weighted by Crippen LogP contribution is -2.33. The summed E-state index contributed by atoms with van der Waals surface area (Å²) < 4.78 is 6.46. The van der Waals surface area contributed by atoms with Crippen LogP contribution < -0.4 is 11.1 Å². The third kappa shape index (κ3) is 3.13. The first kappa shape index (κ1) is 15.2. The van der Waals surface area contributed by atoms with E-state index < -0.39 is 0 Å². The molecule has 1 aliphatic heterocycles. The first-order valence-corrected chi connectivity index (χ1v) is 8.46. The molecule has 0 bridgehead atoms. The smallest absolute Gasteiger partial charge is 0.141 e. The third-order valence-electron chi connectivity index (χ3n) is 4.51. The van der Waals surface area contributed by atoms with Crippen LogP contribution in [-0.2, 0) is 4.74 Å². The Labute approximate surface area is 141 Å². The summed E-state index contributed by atoms with van der Waals surface area (Å²) in [6.45, 7) is 2.00. The summed E-state index contributed by atoms with van der Waals surface area (Å²) in [5.41, 5.74) is 9.65. The fraction of sp³-hybridized carbons (Fsp3) is 0.316. The number of anilines is 1. The van der Waals surface area contributed by atoms with E-state index in [1.807, 2.05) is 48.5 Å². The number of nitrogens with zero attached hydrogens (tertiary/aromatic N) is 1. The Bertz CT molecular complexity index is 773. The second kappa shape index (κ2) is 6.63. The SMILES string of the molecule is Nc1ccc(C(OC2CCNCC2)c2nc3ccccc3[nH]2)cc1. The zero-order valence-electron chi connectivity index (χ0n) is 13.5. The Kier molecular flexibility index (Phi) is 4.19. The number of nitrogens with one attached hydrogen (secondary N) is 2. The van der Waals surface area contributed by atoms with Crippen molar-refractivity contribution >= 4 is 16.7 Å². The molecular weight excluding hydrogens is 300 g/mol. The van der Waals surface area contributed by atoms with Gasteiger partial charge in [-0.15, -0.1) is 0 Å². The summed E-state index contributed by atoms with van der Waals surface area (Å²) in [7, 11) is 0. The highest BCUT2D eigenvalue weighted by Crippen LogP contribution is 2.29. The van der Waals surface area contributed by atoms with Gasteiger partial charge >= 0.3 is 0 Å². The van der Waals surface area contributed by atoms with Gasteiger partial charge in [-0.3, -0.25) is 0 Å². The van der Waals surface area contributed by atoms with E-state index in [1.165, 1.54) is 0 Å². The highest BCUT2D eigenvalue weighted by molar-refractivity contribution is 5.74. The lowest BCUT2D eigenvalue weighted by atomic mass is 10.1. The number of aromatic nitrogens is 2. The van der Waals surface area contributed by atoms with Crippen LogP contribution in [0.15, 0.2) is 48.5 Å². The van der Waals surface area contributed by atoms with Crippen LogP contribution in [0, 0.1) is 0 Å². The van der Waals surface area contributed by atoms with Crippen molar-refractivity contribution in [1.29, 1.82) is 0 Å². The maximum Gasteiger partial charge on any atom is 0.141 e. The summed E-state index contributed by atoms with van der Waals surface area (Å²) >= 11 is 0. The van der Waals surface area contributed by atoms with Gasteiger partial charge in [0, 0.05) is 5.69 Å². The summed E-state index contributed by atoms with van der Waals surface area (Å²) in [4.78, 5) is 8.17. The molecule has 1 aliphatic rings. The van der Waals surface area contributed by atoms with Gasteiger partial charge in [0.2, 0.25) is 0 Å². The van der Waals surface area contributed by atoms with Gasteiger partial charge in [0.25, 0.3) is 0 Å². The number of nitrogen functional groups attached to an aromatic ring is 1. The number of H-pyrrole nitrogens is 1. The Morgan fingerprint density at radius 3 is 2.54 bits per heavy atom. The van der Waals surface area contributed by atoms with E-state index in [0.29, 0.717) is 0 Å². The fourth-order valence-corrected chi connectivity index (χ4v) is 3.19. The number of hydrogen-bond acceptors (Lipinski definition) is 4. The number of nitrogens with two attached hydrogens (primary N) is 1. The van der Waals surface area contributed by atoms with Crippen molar-refractivity contribution in [2.45, 2.75) is 25.0 Å². The molecule has 1 atom stereocenters. The first-order valence-electron chi connectivity index (χ1n) is 8.46. The van der Waals surface area contributed by atoms with E-state index in [4.69, 9.17) is 15.5 Å². The average molecular weight is 322 g/mol. The molecule has 124 valence electrons. The molecule has 5 heteroatoms. The van der Waals surface area contributed by atoms with Gasteiger partial charge in [0.15, 0.2) is 0 Å². The number of para-hydroxylation sites is 2. The van der Waals surface area contributed by atoms with Crippen LogP contribution >= 0.6 is 0 Å². The van der Waals surface area contributed by atoms with E-state index in [9.17, 15) is 0 Å². The van der Waals surface area contributed by atoms with Crippen molar-refractivity contribution in [3.8, 4) is 0 Å². The zero-order valence-corrected chi connectivity index (χ0v) is 13.5. The molecule has 1 fully saturated rings. The molecule has 0 saturated carbocycles. The summed E-state index contributed by atoms with van der Waals surface area (Å²) in [6, 6.07) is 15.9. The van der Waals surface area contributed by atoms with Crippen molar-refractivity contribution in [2.75, 3.05) is 18.8 Å². The minimum atomic E-state index is -0.207. The predicted octanol–water partition coefficient (Wildman–Crippen LogP) is 3.00. The Morgan fingerprint density at radius 2 is 1.79 bits per heavy atom. The molecule has 1 saturated heterocycles. The number of aromatic amines is 1. The first-order chi connectivity index (χ1) is 11.8. The Hall–Kier alpha value is -2.37. The molecule has 24 heavy (non-hydrogen) atoms. The van der Waals surface area contributed by atoms with Gasteiger partial charge in [-0.05, 0) is 55.8 Å². The molecule has 1 unspecified atom stereocenters. The van der Waals surface area contributed by atoms with Crippen LogP contribution in [0.4, 0.5) is 5.69 Å². The number of benzene rings is 2. The zero-order chi connectivity index (χ0) is 16.4. The number of fused-ring (bicyclic) bond motifs is 1. The molecular formula is C19H22N4O. The van der Waals surface area contributed by atoms with E-state index in [1.54, 1.807) is 0 Å². The fourth-order valence-electron chi connectivity index (χ4n) is 3.19. The maximum atomic E-state index is 6.46. The lowest BCUT2D eigenvalue weighted by molar-refractivity contribution is -0.0114. The number of imidazole rings is 1. The Balaban J connectivity index is 1.69. The second-order valence-corrected chi connectivity index (χ2v) is 6.27. The maximum absolute atomic E-state index is 6.46. The average Bonchev–Trinajstić information content (AvgIpc) is 3.05. The van der Waals surface area contributed by atoms with Crippen LogP contribution in [0.5, 0.6) is 0 Å². The van der Waals surface area contributed by atoms with Crippen molar-refractivity contribution in [3.63, 3.8) is 0 Å². The normalized spacial score (nSPS) is 17.2. The minimum Gasteiger partial charge on any atom is -0.399 e. The number of piperidine rings is 1. The van der Waals surface area contributed by atoms with Gasteiger partial charge < -0.3 is 20.8 Å². The van der Waals surface area contributed by atoms with Crippen molar-refractivity contribution < 1.29 is 4.74 Å². The van der Waals surface area contributed by atoms with Crippen LogP contribution in [0.1, 0.15) is 30.3 Å². The van der Waals surface area contributed by atoms with E-state index in [0.717, 1.165) is 54.0 Å². The monoisotopic (exact) mass is 322 g/mol. The van der Waals surface area contributed by atoms with Gasteiger partial charge in [-0.1, -0.05) is 24.3 Å². The number of rotatable bonds is 4. The molecule has 0 spiro atoms. The standard InChI is InChI=1S/C19H22N4O/c20-14-7-5-13(6-8-14)18(24-15-9-11-21-12-10-15)19-22-16-3-1-2-4-17(16)23-19/h1-8,15,18,21H,9-12,20H2,(H,22,23). The minimum absolute atomic E-state index is 0.207. The highest BCUT2D eigenvalue weighted by atomic mass is 16.5. The molecule has 4 rings (SSSR count). The molecule has 3 aromatic rings. The van der Waals surface area contributed by atoms with Gasteiger partial charge in [0.05, 0.1) is 17.1 Å². The third-order valence-corrected chi connectivity index (χ3v) is 4.51. The molecule has 0 radical (unpaired) electrons. The lowest BCUT2D eigenvalue weighted by Gasteiger charge is -2.27. The predicted molar refractivity (Wildman–Crippen MR) is 95.8 cm³/mol. The topological polar surface area (TPSA) is 76.0 Å². The van der Waals surface area contributed by atoms with Gasteiger partial charge in [-0.25, -0.2) is 4.98 Å². The van der Waals surface area contributed by atoms with Gasteiger partial charge in [-0.2, -0.15) is 0 Å². The van der Waals surface area contributed by atoms with Crippen LogP contribution in [0.2, 0.25) is 0 Å². The molecule has 0 amide bonds. The summed E-state index contributed by atoms with van der Waals surface area (Å²) in [5, 5.41) is 3.38. The summed E-state index contributed by atoms with van der Waals surface area (Å²) in [5.74, 6) is 0.847. The number of ether oxygens (including phenoxy) is 1. The van der Waals surface area contributed by atoms with Crippen LogP contribution in [0.25, 0.3) is 11.0 Å². The van der Waals surface area contributed by atoms with E-state index in [-0.39, 0.29) is 12.2 Å². The highest BCUT2D eigenvalue weighted by Gasteiger charge is 2.24.